The van der Waals surface area contributed by atoms with Crippen LogP contribution in [0.4, 0.5) is 5.13 Å². The number of thiazole rings is 1. The van der Waals surface area contributed by atoms with Crippen molar-refractivity contribution in [2.24, 2.45) is 0 Å². The number of carbonyl (C=O) groups is 1. The number of carbonyl (C=O) groups excluding carboxylic acids is 1. The maximum Gasteiger partial charge on any atom is 0.265 e. The van der Waals surface area contributed by atoms with Gasteiger partial charge in [0.1, 0.15) is 10.6 Å². The first-order chi connectivity index (χ1) is 8.90. The summed E-state index contributed by atoms with van der Waals surface area (Å²) < 4.78 is 26.5. The summed E-state index contributed by atoms with van der Waals surface area (Å²) in [5.41, 5.74) is 0.224. The smallest absolute Gasteiger partial charge is 0.265 e. The molecular formula is C11H9ClN2O3S2. The van der Waals surface area contributed by atoms with Gasteiger partial charge in [0.15, 0.2) is 10.9 Å². The molecule has 1 aromatic heterocycles. The van der Waals surface area contributed by atoms with Crippen molar-refractivity contribution >= 4 is 43.9 Å². The number of nitrogens with one attached hydrogen (secondary N) is 1. The first-order valence-electron chi connectivity index (χ1n) is 5.14. The number of Topliss-reactive ketones (excluding diaryl/α,β-unsaturated/α-hetero) is 1. The largest absolute Gasteiger partial charge is 0.293 e. The fourth-order valence-electron chi connectivity index (χ4n) is 1.31. The summed E-state index contributed by atoms with van der Waals surface area (Å²) in [5.74, 6) is -0.223. The minimum absolute atomic E-state index is 0.0313. The predicted octanol–water partition coefficient (Wildman–Crippen LogP) is 2.80. The molecule has 0 aliphatic rings. The molecule has 1 aromatic carbocycles. The van der Waals surface area contributed by atoms with Crippen LogP contribution in [0.15, 0.2) is 34.5 Å². The molecule has 0 unspecified atom stereocenters. The Hall–Kier alpha value is -1.44. The van der Waals surface area contributed by atoms with Crippen molar-refractivity contribution in [3.8, 4) is 0 Å². The summed E-state index contributed by atoms with van der Waals surface area (Å²) in [7, 11) is -3.80. The van der Waals surface area contributed by atoms with Gasteiger partial charge in [-0.1, -0.05) is 23.7 Å². The van der Waals surface area contributed by atoms with Crippen LogP contribution in [0.5, 0.6) is 0 Å². The van der Waals surface area contributed by atoms with Gasteiger partial charge in [0.2, 0.25) is 0 Å². The molecule has 0 atom stereocenters. The van der Waals surface area contributed by atoms with Crippen molar-refractivity contribution in [2.45, 2.75) is 11.8 Å². The minimum Gasteiger partial charge on any atom is -0.293 e. The molecule has 0 saturated heterocycles. The van der Waals surface area contributed by atoms with Crippen LogP contribution in [0, 0.1) is 0 Å². The number of aromatic nitrogens is 1. The first kappa shape index (κ1) is 14.0. The van der Waals surface area contributed by atoms with Crippen molar-refractivity contribution in [2.75, 3.05) is 4.72 Å². The maximum atomic E-state index is 12.1. The van der Waals surface area contributed by atoms with E-state index in [1.807, 2.05) is 0 Å². The number of nitrogens with zero attached hydrogens (tertiary/aromatic N) is 1. The summed E-state index contributed by atoms with van der Waals surface area (Å²) in [5, 5.41) is 1.75. The van der Waals surface area contributed by atoms with Gasteiger partial charge in [0.25, 0.3) is 10.0 Å². The van der Waals surface area contributed by atoms with Gasteiger partial charge in [0.05, 0.1) is 5.02 Å². The fraction of sp³-hybridized carbons (Fsp3) is 0.0909. The topological polar surface area (TPSA) is 76.1 Å². The number of benzene rings is 1. The van der Waals surface area contributed by atoms with Crippen molar-refractivity contribution < 1.29 is 13.2 Å². The Balaban J connectivity index is 2.31. The number of halogens is 1. The van der Waals surface area contributed by atoms with E-state index in [0.717, 1.165) is 11.3 Å². The Bertz CT molecular complexity index is 725. The minimum atomic E-state index is -3.80. The van der Waals surface area contributed by atoms with Crippen LogP contribution >= 0.6 is 22.9 Å². The molecule has 8 heteroatoms. The predicted molar refractivity (Wildman–Crippen MR) is 74.4 cm³/mol. The Kier molecular flexibility index (Phi) is 3.88. The van der Waals surface area contributed by atoms with Gasteiger partial charge in [-0.3, -0.25) is 9.52 Å². The van der Waals surface area contributed by atoms with Gasteiger partial charge in [-0.15, -0.1) is 11.3 Å². The van der Waals surface area contributed by atoms with Crippen molar-refractivity contribution in [3.63, 3.8) is 0 Å². The molecule has 19 heavy (non-hydrogen) atoms. The second-order valence-electron chi connectivity index (χ2n) is 3.63. The standard InChI is InChI=1S/C11H9ClN2O3S2/c1-7(15)9-6-18-11(13-9)14-19(16,17)10-5-3-2-4-8(10)12/h2-6H,1H3,(H,13,14). The van der Waals surface area contributed by atoms with Gasteiger partial charge in [-0.05, 0) is 12.1 Å². The monoisotopic (exact) mass is 316 g/mol. The molecule has 2 rings (SSSR count). The summed E-state index contributed by atoms with van der Waals surface area (Å²) in [4.78, 5) is 14.9. The zero-order valence-electron chi connectivity index (χ0n) is 9.75. The molecule has 0 aliphatic carbocycles. The summed E-state index contributed by atoms with van der Waals surface area (Å²) in [6.45, 7) is 1.36. The van der Waals surface area contributed by atoms with Gasteiger partial charge in [-0.2, -0.15) is 0 Å². The van der Waals surface area contributed by atoms with E-state index in [0.29, 0.717) is 0 Å². The van der Waals surface area contributed by atoms with Crippen LogP contribution in [0.3, 0.4) is 0 Å². The molecule has 0 fully saturated rings. The number of hydrogen-bond acceptors (Lipinski definition) is 5. The molecule has 0 saturated carbocycles. The van der Waals surface area contributed by atoms with Crippen LogP contribution < -0.4 is 4.72 Å². The second-order valence-corrected chi connectivity index (χ2v) is 6.55. The molecule has 2 aromatic rings. The fourth-order valence-corrected chi connectivity index (χ4v) is 3.84. The van der Waals surface area contributed by atoms with E-state index in [-0.39, 0.29) is 26.5 Å². The van der Waals surface area contributed by atoms with Crippen LogP contribution in [-0.2, 0) is 10.0 Å². The molecule has 0 aliphatic heterocycles. The zero-order valence-corrected chi connectivity index (χ0v) is 12.1. The highest BCUT2D eigenvalue weighted by atomic mass is 35.5. The van der Waals surface area contributed by atoms with E-state index in [4.69, 9.17) is 11.6 Å². The van der Waals surface area contributed by atoms with E-state index in [1.54, 1.807) is 12.1 Å². The Morgan fingerprint density at radius 1 is 1.37 bits per heavy atom. The molecule has 0 radical (unpaired) electrons. The molecule has 0 bridgehead atoms. The summed E-state index contributed by atoms with van der Waals surface area (Å²) in [6, 6.07) is 6.09. The van der Waals surface area contributed by atoms with Crippen LogP contribution in [0.2, 0.25) is 5.02 Å². The van der Waals surface area contributed by atoms with Crippen molar-refractivity contribution in [3.05, 3.63) is 40.4 Å². The average Bonchev–Trinajstić information content (AvgIpc) is 2.77. The maximum absolute atomic E-state index is 12.1. The number of hydrogen-bond donors (Lipinski definition) is 1. The highest BCUT2D eigenvalue weighted by molar-refractivity contribution is 7.93. The molecule has 0 amide bonds. The highest BCUT2D eigenvalue weighted by Gasteiger charge is 2.19. The Labute approximate surface area is 119 Å². The lowest BCUT2D eigenvalue weighted by atomic mass is 10.4. The average molecular weight is 317 g/mol. The molecule has 0 spiro atoms. The second kappa shape index (κ2) is 5.28. The van der Waals surface area contributed by atoms with E-state index in [9.17, 15) is 13.2 Å². The number of sulfonamides is 1. The van der Waals surface area contributed by atoms with Gasteiger partial charge < -0.3 is 0 Å². The molecule has 1 N–H and O–H groups in total. The van der Waals surface area contributed by atoms with E-state index in [1.165, 1.54) is 24.4 Å². The lowest BCUT2D eigenvalue weighted by molar-refractivity contribution is 0.101. The quantitative estimate of drug-likeness (QED) is 0.880. The zero-order chi connectivity index (χ0) is 14.0. The van der Waals surface area contributed by atoms with Crippen LogP contribution in [0.1, 0.15) is 17.4 Å². The van der Waals surface area contributed by atoms with E-state index in [2.05, 4.69) is 9.71 Å². The molecule has 100 valence electrons. The lowest BCUT2D eigenvalue weighted by Crippen LogP contribution is -2.13. The van der Waals surface area contributed by atoms with Crippen LogP contribution in [0.25, 0.3) is 0 Å². The number of rotatable bonds is 4. The number of anilines is 1. The third-order valence-corrected chi connectivity index (χ3v) is 4.94. The number of ketones is 1. The van der Waals surface area contributed by atoms with Gasteiger partial charge >= 0.3 is 0 Å². The molecule has 1 heterocycles. The summed E-state index contributed by atoms with van der Waals surface area (Å²) in [6.07, 6.45) is 0. The van der Waals surface area contributed by atoms with E-state index < -0.39 is 10.0 Å². The molecular weight excluding hydrogens is 308 g/mol. The summed E-state index contributed by atoms with van der Waals surface area (Å²) >= 11 is 6.88. The van der Waals surface area contributed by atoms with Crippen LogP contribution in [-0.4, -0.2) is 19.2 Å². The first-order valence-corrected chi connectivity index (χ1v) is 7.88. The SMILES string of the molecule is CC(=O)c1csc(NS(=O)(=O)c2ccccc2Cl)n1. The van der Waals surface area contributed by atoms with Gasteiger partial charge in [0, 0.05) is 12.3 Å². The third kappa shape index (κ3) is 3.12. The molecule has 5 nitrogen and oxygen atoms in total. The van der Waals surface area contributed by atoms with Gasteiger partial charge in [-0.25, -0.2) is 13.4 Å². The third-order valence-electron chi connectivity index (χ3n) is 2.21. The normalized spacial score (nSPS) is 11.3. The Morgan fingerprint density at radius 3 is 2.63 bits per heavy atom. The lowest BCUT2D eigenvalue weighted by Gasteiger charge is -2.06. The van der Waals surface area contributed by atoms with Crippen molar-refractivity contribution in [1.29, 1.82) is 0 Å². The Morgan fingerprint density at radius 2 is 2.05 bits per heavy atom. The van der Waals surface area contributed by atoms with Crippen molar-refractivity contribution in [1.82, 2.24) is 4.98 Å². The highest BCUT2D eigenvalue weighted by Crippen LogP contribution is 2.24. The van der Waals surface area contributed by atoms with E-state index >= 15 is 0 Å².